The van der Waals surface area contributed by atoms with Crippen LogP contribution in [0.3, 0.4) is 0 Å². The summed E-state index contributed by atoms with van der Waals surface area (Å²) in [7, 11) is 2.05. The molecule has 1 rings (SSSR count). The van der Waals surface area contributed by atoms with Gasteiger partial charge in [0.15, 0.2) is 0 Å². The average Bonchev–Trinajstić information content (AvgIpc) is 2.68. The predicted octanol–water partition coefficient (Wildman–Crippen LogP) is 5.41. The normalized spacial score (nSPS) is 30.2. The summed E-state index contributed by atoms with van der Waals surface area (Å²) < 4.78 is 6.20. The van der Waals surface area contributed by atoms with Crippen molar-refractivity contribution in [1.82, 2.24) is 5.32 Å². The summed E-state index contributed by atoms with van der Waals surface area (Å²) in [6.07, 6.45) is 9.41. The second-order valence-electron chi connectivity index (χ2n) is 7.81. The molecular formula is C22H47NO2. The number of ether oxygens (including phenoxy) is 1. The third-order valence-electron chi connectivity index (χ3n) is 6.08. The van der Waals surface area contributed by atoms with Gasteiger partial charge in [-0.25, -0.2) is 0 Å². The Morgan fingerprint density at radius 1 is 1.08 bits per heavy atom. The van der Waals surface area contributed by atoms with E-state index in [1.807, 2.05) is 20.9 Å². The molecule has 0 bridgehead atoms. The number of rotatable bonds is 8. The van der Waals surface area contributed by atoms with E-state index in [1.165, 1.54) is 25.7 Å². The molecule has 0 aromatic carbocycles. The molecule has 0 aromatic rings. The van der Waals surface area contributed by atoms with Crippen molar-refractivity contribution >= 4 is 0 Å². The molecule has 6 atom stereocenters. The second-order valence-corrected chi connectivity index (χ2v) is 7.81. The van der Waals surface area contributed by atoms with Crippen molar-refractivity contribution in [2.75, 3.05) is 13.7 Å². The zero-order valence-electron chi connectivity index (χ0n) is 18.2. The fourth-order valence-electron chi connectivity index (χ4n) is 4.05. The average molecular weight is 358 g/mol. The highest BCUT2D eigenvalue weighted by molar-refractivity contribution is 4.78. The minimum atomic E-state index is -0.107. The Hall–Kier alpha value is -0.120. The summed E-state index contributed by atoms with van der Waals surface area (Å²) in [5.41, 5.74) is 0. The minimum Gasteiger partial charge on any atom is -0.393 e. The maximum Gasteiger partial charge on any atom is 0.0577 e. The Morgan fingerprint density at radius 3 is 2.36 bits per heavy atom. The van der Waals surface area contributed by atoms with E-state index in [-0.39, 0.29) is 6.10 Å². The lowest BCUT2D eigenvalue weighted by Gasteiger charge is -2.30. The maximum atomic E-state index is 10.2. The highest BCUT2D eigenvalue weighted by atomic mass is 16.5. The molecule has 25 heavy (non-hydrogen) atoms. The Morgan fingerprint density at radius 2 is 1.76 bits per heavy atom. The first-order valence-corrected chi connectivity index (χ1v) is 11.0. The van der Waals surface area contributed by atoms with E-state index in [2.05, 4.69) is 33.0 Å². The molecule has 1 aliphatic carbocycles. The Labute approximate surface area is 158 Å². The largest absolute Gasteiger partial charge is 0.393 e. The second kappa shape index (κ2) is 15.0. The molecule has 0 aliphatic heterocycles. The Kier molecular flexibility index (Phi) is 14.9. The summed E-state index contributed by atoms with van der Waals surface area (Å²) in [5.74, 6) is 1.76. The van der Waals surface area contributed by atoms with Crippen LogP contribution in [0.25, 0.3) is 0 Å². The van der Waals surface area contributed by atoms with Gasteiger partial charge in [0.25, 0.3) is 0 Å². The van der Waals surface area contributed by atoms with Crippen LogP contribution >= 0.6 is 0 Å². The molecule has 0 amide bonds. The number of aliphatic hydroxyl groups excluding tert-OH is 1. The summed E-state index contributed by atoms with van der Waals surface area (Å²) in [6.45, 7) is 13.9. The summed E-state index contributed by atoms with van der Waals surface area (Å²) >= 11 is 0. The zero-order valence-corrected chi connectivity index (χ0v) is 18.2. The lowest BCUT2D eigenvalue weighted by atomic mass is 9.82. The van der Waals surface area contributed by atoms with Crippen LogP contribution < -0.4 is 5.32 Å². The number of hydrogen-bond donors (Lipinski definition) is 2. The van der Waals surface area contributed by atoms with Gasteiger partial charge in [-0.1, -0.05) is 47.5 Å². The van der Waals surface area contributed by atoms with E-state index in [9.17, 15) is 5.11 Å². The SMILES string of the molecule is CC.CCC(CCCOC(C)C1CC[C@H](C)C(O)CCCC1C)NC. The van der Waals surface area contributed by atoms with E-state index in [1.54, 1.807) is 0 Å². The Bertz CT molecular complexity index is 294. The van der Waals surface area contributed by atoms with Gasteiger partial charge >= 0.3 is 0 Å². The van der Waals surface area contributed by atoms with Crippen molar-refractivity contribution in [2.24, 2.45) is 17.8 Å². The summed E-state index contributed by atoms with van der Waals surface area (Å²) in [5, 5.41) is 13.5. The van der Waals surface area contributed by atoms with E-state index in [0.29, 0.717) is 29.9 Å². The molecule has 152 valence electrons. The first-order chi connectivity index (χ1) is 12.0. The van der Waals surface area contributed by atoms with Crippen molar-refractivity contribution in [3.05, 3.63) is 0 Å². The minimum absolute atomic E-state index is 0.107. The molecule has 1 aliphatic rings. The monoisotopic (exact) mass is 357 g/mol. The topological polar surface area (TPSA) is 41.5 Å². The molecule has 0 saturated heterocycles. The molecule has 0 heterocycles. The van der Waals surface area contributed by atoms with Crippen LogP contribution in [0.2, 0.25) is 0 Å². The molecule has 0 aromatic heterocycles. The molecule has 1 fully saturated rings. The van der Waals surface area contributed by atoms with Gasteiger partial charge in [-0.15, -0.1) is 0 Å². The van der Waals surface area contributed by atoms with E-state index in [0.717, 1.165) is 32.3 Å². The van der Waals surface area contributed by atoms with Crippen LogP contribution in [0.15, 0.2) is 0 Å². The van der Waals surface area contributed by atoms with E-state index in [4.69, 9.17) is 4.74 Å². The molecule has 2 N–H and O–H groups in total. The van der Waals surface area contributed by atoms with Gasteiger partial charge < -0.3 is 15.2 Å². The van der Waals surface area contributed by atoms with Crippen molar-refractivity contribution in [3.63, 3.8) is 0 Å². The molecule has 5 unspecified atom stereocenters. The molecular weight excluding hydrogens is 310 g/mol. The van der Waals surface area contributed by atoms with Crippen molar-refractivity contribution in [3.8, 4) is 0 Å². The highest BCUT2D eigenvalue weighted by Crippen LogP contribution is 2.32. The van der Waals surface area contributed by atoms with Gasteiger partial charge in [0, 0.05) is 12.6 Å². The van der Waals surface area contributed by atoms with Crippen LogP contribution in [0.1, 0.15) is 92.9 Å². The lowest BCUT2D eigenvalue weighted by Crippen LogP contribution is -2.28. The molecule has 1 saturated carbocycles. The third-order valence-corrected chi connectivity index (χ3v) is 6.08. The first-order valence-electron chi connectivity index (χ1n) is 11.0. The molecule has 0 radical (unpaired) electrons. The molecule has 0 spiro atoms. The fourth-order valence-corrected chi connectivity index (χ4v) is 4.05. The van der Waals surface area contributed by atoms with Gasteiger partial charge in [0.2, 0.25) is 0 Å². The summed E-state index contributed by atoms with van der Waals surface area (Å²) in [6, 6.07) is 0.625. The van der Waals surface area contributed by atoms with Crippen LogP contribution in [0, 0.1) is 17.8 Å². The summed E-state index contributed by atoms with van der Waals surface area (Å²) in [4.78, 5) is 0. The maximum absolute atomic E-state index is 10.2. The van der Waals surface area contributed by atoms with Crippen molar-refractivity contribution in [1.29, 1.82) is 0 Å². The van der Waals surface area contributed by atoms with E-state index < -0.39 is 0 Å². The predicted molar refractivity (Wildman–Crippen MR) is 110 cm³/mol. The van der Waals surface area contributed by atoms with Gasteiger partial charge in [0.1, 0.15) is 0 Å². The number of hydrogen-bond acceptors (Lipinski definition) is 3. The van der Waals surface area contributed by atoms with Gasteiger partial charge in [-0.3, -0.25) is 0 Å². The number of aliphatic hydroxyl groups is 1. The lowest BCUT2D eigenvalue weighted by molar-refractivity contribution is -0.00163. The quantitative estimate of drug-likeness (QED) is 0.571. The van der Waals surface area contributed by atoms with Gasteiger partial charge in [0.05, 0.1) is 12.2 Å². The number of nitrogens with one attached hydrogen (secondary N) is 1. The smallest absolute Gasteiger partial charge is 0.0577 e. The van der Waals surface area contributed by atoms with Crippen molar-refractivity contribution in [2.45, 2.75) is 111 Å². The van der Waals surface area contributed by atoms with Crippen LogP contribution in [0.5, 0.6) is 0 Å². The Balaban J connectivity index is 0.00000277. The van der Waals surface area contributed by atoms with E-state index >= 15 is 0 Å². The van der Waals surface area contributed by atoms with Crippen LogP contribution in [-0.2, 0) is 4.74 Å². The molecule has 3 nitrogen and oxygen atoms in total. The van der Waals surface area contributed by atoms with Gasteiger partial charge in [-0.2, -0.15) is 0 Å². The zero-order chi connectivity index (χ0) is 19.2. The van der Waals surface area contributed by atoms with Gasteiger partial charge in [-0.05, 0) is 70.3 Å². The third kappa shape index (κ3) is 9.96. The standard InChI is InChI=1S/C20H41NO2.C2H6/c1-6-18(21-5)10-8-14-23-17(4)19-13-12-16(3)20(22)11-7-9-15(19)2;1-2/h15-22H,6-14H2,1-5H3;1-2H3/t15?,16-,17?,18?,19?,20?;/m0./s1. The molecule has 3 heteroatoms. The van der Waals surface area contributed by atoms with Crippen LogP contribution in [-0.4, -0.2) is 37.0 Å². The fraction of sp³-hybridized carbons (Fsp3) is 1.00. The first kappa shape index (κ1) is 24.9. The highest BCUT2D eigenvalue weighted by Gasteiger charge is 2.27. The van der Waals surface area contributed by atoms with Crippen LogP contribution in [0.4, 0.5) is 0 Å². The van der Waals surface area contributed by atoms with Crippen molar-refractivity contribution < 1.29 is 9.84 Å².